The van der Waals surface area contributed by atoms with Crippen LogP contribution in [0.4, 0.5) is 5.69 Å². The first kappa shape index (κ1) is 14.1. The van der Waals surface area contributed by atoms with E-state index in [1.54, 1.807) is 7.11 Å². The molecule has 104 valence electrons. The maximum Gasteiger partial charge on any atom is 0.120 e. The Balaban J connectivity index is 1.98. The minimum absolute atomic E-state index is 0.422. The number of ether oxygens (including phenoxy) is 1. The highest BCUT2D eigenvalue weighted by Crippen LogP contribution is 2.28. The van der Waals surface area contributed by atoms with Crippen LogP contribution in [0.15, 0.2) is 18.2 Å². The summed E-state index contributed by atoms with van der Waals surface area (Å²) < 4.78 is 5.25. The van der Waals surface area contributed by atoms with Gasteiger partial charge < -0.3 is 15.8 Å². The maximum absolute atomic E-state index is 5.75. The number of benzene rings is 1. The fourth-order valence-corrected chi connectivity index (χ4v) is 2.90. The van der Waals surface area contributed by atoms with Gasteiger partial charge in [-0.2, -0.15) is 0 Å². The summed E-state index contributed by atoms with van der Waals surface area (Å²) >= 11 is 5.08. The summed E-state index contributed by atoms with van der Waals surface area (Å²) in [6, 6.07) is 5.76. The van der Waals surface area contributed by atoms with Crippen molar-refractivity contribution >= 4 is 22.9 Å². The van der Waals surface area contributed by atoms with Gasteiger partial charge in [-0.3, -0.25) is 0 Å². The van der Waals surface area contributed by atoms with E-state index in [0.717, 1.165) is 29.5 Å². The van der Waals surface area contributed by atoms with E-state index in [9.17, 15) is 0 Å². The third-order valence-corrected chi connectivity index (χ3v) is 4.05. The smallest absolute Gasteiger partial charge is 0.120 e. The van der Waals surface area contributed by atoms with Crippen molar-refractivity contribution < 1.29 is 4.74 Å². The Kier molecular flexibility index (Phi) is 5.02. The molecule has 4 heteroatoms. The van der Waals surface area contributed by atoms with Crippen LogP contribution in [0.1, 0.15) is 37.7 Å². The minimum Gasteiger partial charge on any atom is -0.497 e. The topological polar surface area (TPSA) is 47.3 Å². The number of nitrogens with two attached hydrogens (primary N) is 1. The third kappa shape index (κ3) is 3.83. The first-order valence-electron chi connectivity index (χ1n) is 6.92. The van der Waals surface area contributed by atoms with Crippen LogP contribution in [-0.2, 0) is 0 Å². The van der Waals surface area contributed by atoms with E-state index in [1.807, 2.05) is 18.2 Å². The van der Waals surface area contributed by atoms with Gasteiger partial charge in [0, 0.05) is 23.9 Å². The lowest BCUT2D eigenvalue weighted by molar-refractivity contribution is 0.415. The molecule has 1 aromatic carbocycles. The molecular weight excluding hydrogens is 256 g/mol. The molecule has 0 saturated heterocycles. The van der Waals surface area contributed by atoms with Crippen LogP contribution in [0.3, 0.4) is 0 Å². The molecule has 1 fully saturated rings. The number of thiocarbonyl (C=S) groups is 1. The van der Waals surface area contributed by atoms with Gasteiger partial charge in [-0.15, -0.1) is 0 Å². The van der Waals surface area contributed by atoms with Crippen LogP contribution in [0, 0.1) is 5.92 Å². The van der Waals surface area contributed by atoms with E-state index in [0.29, 0.717) is 4.99 Å². The summed E-state index contributed by atoms with van der Waals surface area (Å²) in [5.74, 6) is 1.70. The van der Waals surface area contributed by atoms with Crippen LogP contribution >= 0.6 is 12.2 Å². The largest absolute Gasteiger partial charge is 0.497 e. The predicted octanol–water partition coefficient (Wildman–Crippen LogP) is 3.32. The Bertz CT molecular complexity index is 442. The van der Waals surface area contributed by atoms with Gasteiger partial charge in [-0.05, 0) is 24.5 Å². The second-order valence-electron chi connectivity index (χ2n) is 5.14. The second kappa shape index (κ2) is 6.75. The number of hydrogen-bond acceptors (Lipinski definition) is 3. The van der Waals surface area contributed by atoms with Crippen molar-refractivity contribution in [1.82, 2.24) is 0 Å². The van der Waals surface area contributed by atoms with E-state index in [2.05, 4.69) is 5.32 Å². The SMILES string of the molecule is COc1ccc(C(N)=S)c(NCCC2CCCC2)c1. The highest BCUT2D eigenvalue weighted by atomic mass is 32.1. The summed E-state index contributed by atoms with van der Waals surface area (Å²) in [6.45, 7) is 0.966. The number of methoxy groups -OCH3 is 1. The van der Waals surface area contributed by atoms with Crippen molar-refractivity contribution in [2.24, 2.45) is 11.7 Å². The molecule has 2 rings (SSSR count). The van der Waals surface area contributed by atoms with Crippen LogP contribution in [0.2, 0.25) is 0 Å². The minimum atomic E-state index is 0.422. The molecule has 0 bridgehead atoms. The number of nitrogens with one attached hydrogen (secondary N) is 1. The fourth-order valence-electron chi connectivity index (χ4n) is 2.72. The lowest BCUT2D eigenvalue weighted by Gasteiger charge is -2.14. The average Bonchev–Trinajstić information content (AvgIpc) is 2.91. The lowest BCUT2D eigenvalue weighted by Crippen LogP contribution is -2.14. The molecule has 0 unspecified atom stereocenters. The van der Waals surface area contributed by atoms with Crippen molar-refractivity contribution in [3.63, 3.8) is 0 Å². The molecule has 0 spiro atoms. The van der Waals surface area contributed by atoms with E-state index >= 15 is 0 Å². The van der Waals surface area contributed by atoms with Crippen molar-refractivity contribution in [3.8, 4) is 5.75 Å². The quantitative estimate of drug-likeness (QED) is 0.784. The van der Waals surface area contributed by atoms with Gasteiger partial charge in [-0.25, -0.2) is 0 Å². The van der Waals surface area contributed by atoms with E-state index in [1.165, 1.54) is 32.1 Å². The first-order chi connectivity index (χ1) is 9.20. The molecule has 3 N–H and O–H groups in total. The number of hydrogen-bond donors (Lipinski definition) is 2. The summed E-state index contributed by atoms with van der Waals surface area (Å²) in [5, 5.41) is 3.45. The standard InChI is InChI=1S/C15H22N2OS/c1-18-12-6-7-13(15(16)19)14(10-12)17-9-8-11-4-2-3-5-11/h6-7,10-11,17H,2-5,8-9H2,1H3,(H2,16,19). The van der Waals surface area contributed by atoms with Gasteiger partial charge in [0.25, 0.3) is 0 Å². The zero-order chi connectivity index (χ0) is 13.7. The second-order valence-corrected chi connectivity index (χ2v) is 5.58. The van der Waals surface area contributed by atoms with Crippen LogP contribution < -0.4 is 15.8 Å². The maximum atomic E-state index is 5.75. The van der Waals surface area contributed by atoms with Gasteiger partial charge in [0.2, 0.25) is 0 Å². The third-order valence-electron chi connectivity index (χ3n) is 3.83. The van der Waals surface area contributed by atoms with Crippen molar-refractivity contribution in [2.75, 3.05) is 19.0 Å². The Morgan fingerprint density at radius 1 is 1.42 bits per heavy atom. The number of rotatable bonds is 6. The Morgan fingerprint density at radius 3 is 2.79 bits per heavy atom. The highest BCUT2D eigenvalue weighted by molar-refractivity contribution is 7.80. The van der Waals surface area contributed by atoms with Gasteiger partial charge in [0.05, 0.1) is 7.11 Å². The summed E-state index contributed by atoms with van der Waals surface area (Å²) in [4.78, 5) is 0.422. The summed E-state index contributed by atoms with van der Waals surface area (Å²) in [5.41, 5.74) is 7.62. The molecule has 1 aliphatic carbocycles. The molecular formula is C15H22N2OS. The normalized spacial score (nSPS) is 15.4. The molecule has 1 aliphatic rings. The van der Waals surface area contributed by atoms with Crippen molar-refractivity contribution in [1.29, 1.82) is 0 Å². The summed E-state index contributed by atoms with van der Waals surface area (Å²) in [7, 11) is 1.66. The molecule has 3 nitrogen and oxygen atoms in total. The molecule has 0 aliphatic heterocycles. The zero-order valence-corrected chi connectivity index (χ0v) is 12.3. The number of anilines is 1. The van der Waals surface area contributed by atoms with Gasteiger partial charge in [-0.1, -0.05) is 37.9 Å². The van der Waals surface area contributed by atoms with Gasteiger partial charge in [0.15, 0.2) is 0 Å². The van der Waals surface area contributed by atoms with E-state index < -0.39 is 0 Å². The van der Waals surface area contributed by atoms with Gasteiger partial charge in [0.1, 0.15) is 10.7 Å². The van der Waals surface area contributed by atoms with Crippen molar-refractivity contribution in [2.45, 2.75) is 32.1 Å². The molecule has 1 saturated carbocycles. The monoisotopic (exact) mass is 278 g/mol. The molecule has 19 heavy (non-hydrogen) atoms. The van der Waals surface area contributed by atoms with Crippen LogP contribution in [-0.4, -0.2) is 18.6 Å². The first-order valence-corrected chi connectivity index (χ1v) is 7.33. The molecule has 1 aromatic rings. The van der Waals surface area contributed by atoms with Crippen LogP contribution in [0.5, 0.6) is 5.75 Å². The molecule has 0 heterocycles. The van der Waals surface area contributed by atoms with Crippen molar-refractivity contribution in [3.05, 3.63) is 23.8 Å². The Labute approximate surface area is 120 Å². The van der Waals surface area contributed by atoms with E-state index in [-0.39, 0.29) is 0 Å². The van der Waals surface area contributed by atoms with E-state index in [4.69, 9.17) is 22.7 Å². The lowest BCUT2D eigenvalue weighted by atomic mass is 10.0. The Morgan fingerprint density at radius 2 is 2.16 bits per heavy atom. The molecule has 0 radical (unpaired) electrons. The molecule has 0 atom stereocenters. The van der Waals surface area contributed by atoms with Gasteiger partial charge >= 0.3 is 0 Å². The predicted molar refractivity (Wildman–Crippen MR) is 83.9 cm³/mol. The fraction of sp³-hybridized carbons (Fsp3) is 0.533. The molecule has 0 aromatic heterocycles. The average molecular weight is 278 g/mol. The summed E-state index contributed by atoms with van der Waals surface area (Å²) in [6.07, 6.45) is 6.75. The highest BCUT2D eigenvalue weighted by Gasteiger charge is 2.14. The molecule has 0 amide bonds. The van der Waals surface area contributed by atoms with Crippen LogP contribution in [0.25, 0.3) is 0 Å². The zero-order valence-electron chi connectivity index (χ0n) is 11.4. The Hall–Kier alpha value is -1.29.